The van der Waals surface area contributed by atoms with E-state index in [0.29, 0.717) is 28.9 Å². The number of fused-ring (bicyclic) bond motifs is 5. The number of rotatable bonds is 4. The van der Waals surface area contributed by atoms with Crippen LogP contribution in [0.1, 0.15) is 61.9 Å². The van der Waals surface area contributed by atoms with Crippen LogP contribution in [0.25, 0.3) is 22.2 Å². The smallest absolute Gasteiger partial charge is 0.343 e. The third-order valence-corrected chi connectivity index (χ3v) is 8.33. The van der Waals surface area contributed by atoms with Gasteiger partial charge in [0.15, 0.2) is 11.0 Å². The minimum Gasteiger partial charge on any atom is -0.458 e. The molecule has 0 amide bonds. The van der Waals surface area contributed by atoms with Gasteiger partial charge in [0.2, 0.25) is 0 Å². The van der Waals surface area contributed by atoms with Crippen LogP contribution >= 0.6 is 0 Å². The van der Waals surface area contributed by atoms with Gasteiger partial charge in [-0.25, -0.2) is 9.18 Å². The van der Waals surface area contributed by atoms with Gasteiger partial charge < -0.3 is 24.1 Å². The van der Waals surface area contributed by atoms with Crippen LogP contribution in [0.2, 0.25) is 0 Å². The maximum absolute atomic E-state index is 14.3. The highest BCUT2D eigenvalue weighted by Gasteiger charge is 2.46. The van der Waals surface area contributed by atoms with Gasteiger partial charge in [-0.3, -0.25) is 9.59 Å². The van der Waals surface area contributed by atoms with Crippen molar-refractivity contribution in [3.8, 4) is 11.3 Å². The lowest BCUT2D eigenvalue weighted by atomic mass is 9.85. The number of halogens is 1. The summed E-state index contributed by atoms with van der Waals surface area (Å²) in [7, 11) is 0. The standard InChI is InChI=1S/C27H27FN2O6/c1-2-27(35)18-11-21-23-22(12-29(21)25(33)17(18)13-36-26(27)34)30(19-5-3-4-14(19)8-9-31)20-7-6-15(28)10-16(20)24(23)32/h6-7,10-11,14,19,31,35H,2-5,8-9,12-13H2,1H3/t14-,19+,27+/m1/s1. The third-order valence-electron chi connectivity index (χ3n) is 8.33. The first kappa shape index (κ1) is 23.1. The molecule has 0 bridgehead atoms. The fourth-order valence-corrected chi connectivity index (χ4v) is 6.50. The Morgan fingerprint density at radius 3 is 2.75 bits per heavy atom. The fourth-order valence-electron chi connectivity index (χ4n) is 6.50. The number of cyclic esters (lactones) is 1. The second-order valence-electron chi connectivity index (χ2n) is 10.1. The molecule has 2 N–H and O–H groups in total. The number of nitrogens with zero attached hydrogens (tertiary/aromatic N) is 2. The number of aromatic nitrogens is 2. The molecule has 1 aromatic carbocycles. The lowest BCUT2D eigenvalue weighted by molar-refractivity contribution is -0.172. The number of ether oxygens (including phenoxy) is 1. The van der Waals surface area contributed by atoms with Gasteiger partial charge >= 0.3 is 5.97 Å². The molecule has 0 radical (unpaired) electrons. The van der Waals surface area contributed by atoms with Crippen molar-refractivity contribution in [2.45, 2.75) is 63.8 Å². The second kappa shape index (κ2) is 8.11. The molecule has 6 rings (SSSR count). The molecule has 3 aromatic rings. The molecule has 0 unspecified atom stereocenters. The summed E-state index contributed by atoms with van der Waals surface area (Å²) in [5, 5.41) is 21.0. The molecule has 9 heteroatoms. The topological polar surface area (TPSA) is 111 Å². The molecule has 8 nitrogen and oxygen atoms in total. The highest BCUT2D eigenvalue weighted by molar-refractivity contribution is 5.88. The molecule has 1 aliphatic carbocycles. The molecule has 3 aliphatic rings. The van der Waals surface area contributed by atoms with Crippen LogP contribution in [0.5, 0.6) is 0 Å². The predicted molar refractivity (Wildman–Crippen MR) is 129 cm³/mol. The highest BCUT2D eigenvalue weighted by atomic mass is 19.1. The van der Waals surface area contributed by atoms with E-state index < -0.39 is 28.4 Å². The Labute approximate surface area is 205 Å². The number of carbonyl (C=O) groups is 1. The number of carbonyl (C=O) groups excluding carboxylic acids is 1. The van der Waals surface area contributed by atoms with E-state index in [1.54, 1.807) is 19.1 Å². The minimum absolute atomic E-state index is 0.00661. The number of aliphatic hydroxyl groups excluding tert-OH is 1. The average molecular weight is 495 g/mol. The monoisotopic (exact) mass is 494 g/mol. The van der Waals surface area contributed by atoms with E-state index in [2.05, 4.69) is 4.57 Å². The highest BCUT2D eigenvalue weighted by Crippen LogP contribution is 2.44. The Morgan fingerprint density at radius 2 is 2.00 bits per heavy atom. The third kappa shape index (κ3) is 3.02. The Morgan fingerprint density at radius 1 is 1.19 bits per heavy atom. The maximum Gasteiger partial charge on any atom is 0.343 e. The Hall–Kier alpha value is -3.30. The van der Waals surface area contributed by atoms with Crippen molar-refractivity contribution in [1.29, 1.82) is 0 Å². The van der Waals surface area contributed by atoms with Crippen LogP contribution in [0.4, 0.5) is 4.39 Å². The number of benzene rings is 1. The lowest BCUT2D eigenvalue weighted by Gasteiger charge is -2.31. The Kier molecular flexibility index (Phi) is 5.21. The second-order valence-corrected chi connectivity index (χ2v) is 10.1. The van der Waals surface area contributed by atoms with Crippen LogP contribution in [-0.2, 0) is 28.3 Å². The number of pyridine rings is 2. The van der Waals surface area contributed by atoms with Crippen LogP contribution in [-0.4, -0.2) is 31.9 Å². The van der Waals surface area contributed by atoms with Crippen LogP contribution in [0.15, 0.2) is 33.9 Å². The zero-order valence-electron chi connectivity index (χ0n) is 19.9. The van der Waals surface area contributed by atoms with Gasteiger partial charge in [-0.15, -0.1) is 0 Å². The SMILES string of the molecule is CC[C@@]1(O)C(=O)OCc2c1cc1n(c2=O)Cc2c-1c(=O)c1cc(F)ccc1n2[C@H]1CCC[C@@H]1CCO. The van der Waals surface area contributed by atoms with E-state index in [4.69, 9.17) is 4.74 Å². The summed E-state index contributed by atoms with van der Waals surface area (Å²) < 4.78 is 23.0. The van der Waals surface area contributed by atoms with Gasteiger partial charge in [-0.05, 0) is 55.9 Å². The first-order chi connectivity index (χ1) is 17.3. The van der Waals surface area contributed by atoms with E-state index in [1.165, 1.54) is 16.7 Å². The summed E-state index contributed by atoms with van der Waals surface area (Å²) in [6, 6.07) is 5.71. The van der Waals surface area contributed by atoms with E-state index in [9.17, 15) is 29.0 Å². The van der Waals surface area contributed by atoms with Crippen molar-refractivity contribution in [1.82, 2.24) is 9.13 Å². The quantitative estimate of drug-likeness (QED) is 0.422. The zero-order valence-corrected chi connectivity index (χ0v) is 19.9. The van der Waals surface area contributed by atoms with Gasteiger partial charge in [-0.1, -0.05) is 13.3 Å². The average Bonchev–Trinajstić information content (AvgIpc) is 3.48. The summed E-state index contributed by atoms with van der Waals surface area (Å²) in [5.74, 6) is -1.18. The Balaban J connectivity index is 1.68. The lowest BCUT2D eigenvalue weighted by Crippen LogP contribution is -2.44. The first-order valence-corrected chi connectivity index (χ1v) is 12.4. The molecule has 1 saturated carbocycles. The van der Waals surface area contributed by atoms with Crippen LogP contribution in [0.3, 0.4) is 0 Å². The summed E-state index contributed by atoms with van der Waals surface area (Å²) in [6.07, 6.45) is 3.35. The number of aliphatic hydroxyl groups is 2. The van der Waals surface area contributed by atoms with Gasteiger partial charge in [-0.2, -0.15) is 0 Å². The van der Waals surface area contributed by atoms with Gasteiger partial charge in [0.25, 0.3) is 5.56 Å². The van der Waals surface area contributed by atoms with Crippen LogP contribution < -0.4 is 11.0 Å². The van der Waals surface area contributed by atoms with Crippen molar-refractivity contribution in [3.63, 3.8) is 0 Å². The van der Waals surface area contributed by atoms with Gasteiger partial charge in [0, 0.05) is 23.6 Å². The minimum atomic E-state index is -1.98. The van der Waals surface area contributed by atoms with Crippen molar-refractivity contribution in [2.24, 2.45) is 5.92 Å². The summed E-state index contributed by atoms with van der Waals surface area (Å²) in [6.45, 7) is 1.57. The van der Waals surface area contributed by atoms with E-state index in [1.807, 2.05) is 0 Å². The predicted octanol–water partition coefficient (Wildman–Crippen LogP) is 2.71. The zero-order chi connectivity index (χ0) is 25.4. The largest absolute Gasteiger partial charge is 0.458 e. The molecule has 3 atom stereocenters. The molecule has 188 valence electrons. The number of esters is 1. The molecular formula is C27H27FN2O6. The molecule has 4 heterocycles. The van der Waals surface area contributed by atoms with Crippen LogP contribution in [0, 0.1) is 11.7 Å². The van der Waals surface area contributed by atoms with E-state index in [0.717, 1.165) is 19.3 Å². The molecule has 36 heavy (non-hydrogen) atoms. The molecule has 0 spiro atoms. The van der Waals surface area contributed by atoms with Crippen molar-refractivity contribution in [3.05, 3.63) is 67.5 Å². The molecule has 0 saturated heterocycles. The molecule has 2 aromatic heterocycles. The fraction of sp³-hybridized carbons (Fsp3) is 0.444. The summed E-state index contributed by atoms with van der Waals surface area (Å²) >= 11 is 0. The van der Waals surface area contributed by atoms with Gasteiger partial charge in [0.1, 0.15) is 12.4 Å². The maximum atomic E-state index is 14.3. The van der Waals surface area contributed by atoms with E-state index in [-0.39, 0.29) is 54.7 Å². The first-order valence-electron chi connectivity index (χ1n) is 12.4. The molecule has 1 fully saturated rings. The van der Waals surface area contributed by atoms with Gasteiger partial charge in [0.05, 0.1) is 34.6 Å². The normalized spacial score (nSPS) is 24.5. The van der Waals surface area contributed by atoms with Crippen molar-refractivity contribution < 1.29 is 24.1 Å². The van der Waals surface area contributed by atoms with Crippen molar-refractivity contribution in [2.75, 3.05) is 6.61 Å². The van der Waals surface area contributed by atoms with E-state index >= 15 is 0 Å². The molecule has 2 aliphatic heterocycles. The summed E-state index contributed by atoms with van der Waals surface area (Å²) in [5.41, 5.74) is -0.570. The number of hydrogen-bond donors (Lipinski definition) is 2. The number of hydrogen-bond acceptors (Lipinski definition) is 6. The Bertz CT molecular complexity index is 1560. The van der Waals surface area contributed by atoms with Crippen molar-refractivity contribution >= 4 is 16.9 Å². The summed E-state index contributed by atoms with van der Waals surface area (Å²) in [4.78, 5) is 39.9. The molecular weight excluding hydrogens is 467 g/mol.